The molecule has 3 aromatic rings. The number of nitrogens with two attached hydrogens (primary N) is 1. The highest BCUT2D eigenvalue weighted by Gasteiger charge is 2.03. The first-order chi connectivity index (χ1) is 11.4. The van der Waals surface area contributed by atoms with Crippen LogP contribution < -0.4 is 5.84 Å². The molecule has 2 N–H and O–H groups in total. The van der Waals surface area contributed by atoms with Gasteiger partial charge in [-0.15, -0.1) is 0 Å². The van der Waals surface area contributed by atoms with Crippen molar-refractivity contribution in [3.8, 4) is 11.1 Å². The summed E-state index contributed by atoms with van der Waals surface area (Å²) in [5.74, 6) is 5.54. The number of aliphatic imine (C=N–C) groups is 1. The third-order valence-corrected chi connectivity index (χ3v) is 3.40. The first kappa shape index (κ1) is 14.7. The van der Waals surface area contributed by atoms with E-state index < -0.39 is 0 Å². The fraction of sp³-hybridized carbons (Fsp3) is 0. The maximum atomic E-state index is 5.54. The Labute approximate surface area is 135 Å². The van der Waals surface area contributed by atoms with Crippen molar-refractivity contribution in [3.05, 3.63) is 84.7 Å². The lowest BCUT2D eigenvalue weighted by Gasteiger charge is -2.05. The molecule has 0 aliphatic rings. The maximum absolute atomic E-state index is 5.54. The van der Waals surface area contributed by atoms with E-state index in [1.165, 1.54) is 0 Å². The van der Waals surface area contributed by atoms with Gasteiger partial charge in [0, 0.05) is 18.0 Å². The van der Waals surface area contributed by atoms with Gasteiger partial charge >= 0.3 is 0 Å². The van der Waals surface area contributed by atoms with Gasteiger partial charge in [0.15, 0.2) is 0 Å². The van der Waals surface area contributed by atoms with Crippen LogP contribution in [0.2, 0.25) is 0 Å². The smallest absolute Gasteiger partial charge is 0.108 e. The van der Waals surface area contributed by atoms with Crippen LogP contribution >= 0.6 is 0 Å². The summed E-state index contributed by atoms with van der Waals surface area (Å²) < 4.78 is 0. The molecule has 1 heterocycles. The van der Waals surface area contributed by atoms with Gasteiger partial charge in [0.1, 0.15) is 5.71 Å². The zero-order valence-corrected chi connectivity index (χ0v) is 12.5. The summed E-state index contributed by atoms with van der Waals surface area (Å²) in [5.41, 5.74) is 4.62. The number of benzene rings is 2. The molecular weight excluding hydrogens is 284 g/mol. The van der Waals surface area contributed by atoms with E-state index in [1.807, 2.05) is 42.5 Å². The molecular formula is C19H16N4. The summed E-state index contributed by atoms with van der Waals surface area (Å²) in [5, 5.41) is 3.86. The van der Waals surface area contributed by atoms with E-state index in [4.69, 9.17) is 5.84 Å². The van der Waals surface area contributed by atoms with Crippen molar-refractivity contribution in [1.82, 2.24) is 4.98 Å². The van der Waals surface area contributed by atoms with Crippen LogP contribution in [0.15, 0.2) is 89.2 Å². The average Bonchev–Trinajstić information content (AvgIpc) is 2.64. The maximum Gasteiger partial charge on any atom is 0.108 e. The average molecular weight is 300 g/mol. The highest BCUT2D eigenvalue weighted by Crippen LogP contribution is 2.20. The van der Waals surface area contributed by atoms with E-state index in [-0.39, 0.29) is 0 Å². The molecule has 1 aromatic heterocycles. The lowest BCUT2D eigenvalue weighted by atomic mass is 10.0. The van der Waals surface area contributed by atoms with Crippen LogP contribution in [0, 0.1) is 0 Å². The molecule has 4 nitrogen and oxygen atoms in total. The van der Waals surface area contributed by atoms with Crippen molar-refractivity contribution >= 4 is 17.6 Å². The van der Waals surface area contributed by atoms with Gasteiger partial charge in [-0.1, -0.05) is 48.5 Å². The summed E-state index contributed by atoms with van der Waals surface area (Å²) in [6, 6.07) is 21.9. The molecule has 0 bridgehead atoms. The van der Waals surface area contributed by atoms with Gasteiger partial charge in [0.05, 0.1) is 11.9 Å². The summed E-state index contributed by atoms with van der Waals surface area (Å²) in [7, 11) is 0. The van der Waals surface area contributed by atoms with Gasteiger partial charge in [0.2, 0.25) is 0 Å². The second-order valence-corrected chi connectivity index (χ2v) is 4.92. The van der Waals surface area contributed by atoms with Crippen molar-refractivity contribution in [2.24, 2.45) is 15.9 Å². The third kappa shape index (κ3) is 3.68. The summed E-state index contributed by atoms with van der Waals surface area (Å²) in [4.78, 5) is 8.35. The molecule has 112 valence electrons. The number of nitrogens with zero attached hydrogens (tertiary/aromatic N) is 3. The van der Waals surface area contributed by atoms with Gasteiger partial charge in [-0.3, -0.25) is 9.98 Å². The highest BCUT2D eigenvalue weighted by molar-refractivity contribution is 6.38. The Balaban J connectivity index is 1.89. The summed E-state index contributed by atoms with van der Waals surface area (Å²) >= 11 is 0. The second kappa shape index (κ2) is 7.13. The second-order valence-electron chi connectivity index (χ2n) is 4.92. The van der Waals surface area contributed by atoms with E-state index in [1.54, 1.807) is 18.6 Å². The number of hydrogen-bond acceptors (Lipinski definition) is 4. The zero-order chi connectivity index (χ0) is 15.9. The Morgan fingerprint density at radius 2 is 1.61 bits per heavy atom. The van der Waals surface area contributed by atoms with Crippen molar-refractivity contribution in [2.75, 3.05) is 0 Å². The SMILES string of the molecule is NN=C(C=Nc1ccncc1)c1cccc(-c2ccccc2)c1. The number of hydrogen-bond donors (Lipinski definition) is 1. The van der Waals surface area contributed by atoms with E-state index in [9.17, 15) is 0 Å². The van der Waals surface area contributed by atoms with Crippen LogP contribution in [0.4, 0.5) is 5.69 Å². The van der Waals surface area contributed by atoms with Crippen LogP contribution in [0.3, 0.4) is 0 Å². The quantitative estimate of drug-likeness (QED) is 0.452. The lowest BCUT2D eigenvalue weighted by molar-refractivity contribution is 1.25. The van der Waals surface area contributed by atoms with Crippen molar-refractivity contribution < 1.29 is 0 Å². The minimum absolute atomic E-state index is 0.625. The first-order valence-electron chi connectivity index (χ1n) is 7.24. The molecule has 0 saturated heterocycles. The minimum atomic E-state index is 0.625. The van der Waals surface area contributed by atoms with Gasteiger partial charge in [-0.2, -0.15) is 5.10 Å². The van der Waals surface area contributed by atoms with Crippen LogP contribution in [-0.2, 0) is 0 Å². The normalized spacial score (nSPS) is 11.7. The molecule has 4 heteroatoms. The number of hydrazone groups is 1. The zero-order valence-electron chi connectivity index (χ0n) is 12.5. The highest BCUT2D eigenvalue weighted by atomic mass is 15.1. The fourth-order valence-corrected chi connectivity index (χ4v) is 2.24. The minimum Gasteiger partial charge on any atom is -0.323 e. The number of aromatic nitrogens is 1. The fourth-order valence-electron chi connectivity index (χ4n) is 2.24. The Morgan fingerprint density at radius 3 is 2.35 bits per heavy atom. The predicted molar refractivity (Wildman–Crippen MR) is 95.0 cm³/mol. The topological polar surface area (TPSA) is 63.6 Å². The largest absolute Gasteiger partial charge is 0.323 e. The van der Waals surface area contributed by atoms with Gasteiger partial charge in [-0.05, 0) is 29.3 Å². The van der Waals surface area contributed by atoms with Crippen molar-refractivity contribution in [2.45, 2.75) is 0 Å². The van der Waals surface area contributed by atoms with Crippen LogP contribution in [0.25, 0.3) is 11.1 Å². The van der Waals surface area contributed by atoms with Crippen molar-refractivity contribution in [1.29, 1.82) is 0 Å². The monoisotopic (exact) mass is 300 g/mol. The Bertz CT molecular complexity index is 824. The third-order valence-electron chi connectivity index (χ3n) is 3.40. The molecule has 0 aliphatic heterocycles. The summed E-state index contributed by atoms with van der Waals surface area (Å²) in [6.45, 7) is 0. The number of rotatable bonds is 4. The van der Waals surface area contributed by atoms with Gasteiger partial charge < -0.3 is 5.84 Å². The van der Waals surface area contributed by atoms with E-state index in [2.05, 4.69) is 39.3 Å². The summed E-state index contributed by atoms with van der Waals surface area (Å²) in [6.07, 6.45) is 5.06. The van der Waals surface area contributed by atoms with E-state index >= 15 is 0 Å². The molecule has 0 fully saturated rings. The van der Waals surface area contributed by atoms with E-state index in [0.29, 0.717) is 5.71 Å². The van der Waals surface area contributed by atoms with Crippen LogP contribution in [-0.4, -0.2) is 16.9 Å². The Kier molecular flexibility index (Phi) is 4.55. The molecule has 0 unspecified atom stereocenters. The van der Waals surface area contributed by atoms with Crippen molar-refractivity contribution in [3.63, 3.8) is 0 Å². The molecule has 3 rings (SSSR count). The van der Waals surface area contributed by atoms with E-state index in [0.717, 1.165) is 22.4 Å². The molecule has 0 radical (unpaired) electrons. The predicted octanol–water partition coefficient (Wildman–Crippen LogP) is 3.81. The molecule has 0 amide bonds. The number of pyridine rings is 1. The van der Waals surface area contributed by atoms with Crippen LogP contribution in [0.1, 0.15) is 5.56 Å². The van der Waals surface area contributed by atoms with Gasteiger partial charge in [-0.25, -0.2) is 0 Å². The Hall–Kier alpha value is -3.27. The molecule has 23 heavy (non-hydrogen) atoms. The Morgan fingerprint density at radius 1 is 0.870 bits per heavy atom. The molecule has 2 aromatic carbocycles. The lowest BCUT2D eigenvalue weighted by Crippen LogP contribution is -2.05. The van der Waals surface area contributed by atoms with Crippen LogP contribution in [0.5, 0.6) is 0 Å². The molecule has 0 atom stereocenters. The standard InChI is InChI=1S/C19H16N4/c20-23-19(14-22-18-9-11-21-12-10-18)17-8-4-7-16(13-17)15-5-2-1-3-6-15/h1-14H,20H2. The van der Waals surface area contributed by atoms with Gasteiger partial charge in [0.25, 0.3) is 0 Å². The molecule has 0 aliphatic carbocycles. The first-order valence-corrected chi connectivity index (χ1v) is 7.24. The molecule has 0 saturated carbocycles. The molecule has 0 spiro atoms.